The summed E-state index contributed by atoms with van der Waals surface area (Å²) in [6, 6.07) is 12.2. The average molecular weight is 409 g/mol. The number of rotatable bonds is 7. The molecule has 1 saturated heterocycles. The van der Waals surface area contributed by atoms with Gasteiger partial charge in [0.2, 0.25) is 0 Å². The zero-order valence-corrected chi connectivity index (χ0v) is 17.8. The number of hydrogen-bond donors (Lipinski definition) is 1. The molecular weight excluding hydrogens is 382 g/mol. The van der Waals surface area contributed by atoms with Crippen molar-refractivity contribution in [3.8, 4) is 23.0 Å². The Bertz CT molecular complexity index is 1020. The summed E-state index contributed by atoms with van der Waals surface area (Å²) in [6.07, 6.45) is 2.84. The van der Waals surface area contributed by atoms with Gasteiger partial charge in [-0.3, -0.25) is 4.98 Å². The van der Waals surface area contributed by atoms with Crippen LogP contribution in [0.2, 0.25) is 0 Å². The van der Waals surface area contributed by atoms with Gasteiger partial charge < -0.3 is 29.2 Å². The van der Waals surface area contributed by atoms with Gasteiger partial charge in [-0.05, 0) is 18.6 Å². The Hall–Kier alpha value is -3.35. The van der Waals surface area contributed by atoms with Gasteiger partial charge in [-0.1, -0.05) is 0 Å². The molecule has 2 heterocycles. The number of nitrogens with zero attached hydrogens (tertiary/aromatic N) is 2. The molecule has 7 heteroatoms. The van der Waals surface area contributed by atoms with Gasteiger partial charge in [-0.2, -0.15) is 0 Å². The number of anilines is 2. The molecule has 0 bridgehead atoms. The Kier molecular flexibility index (Phi) is 5.70. The maximum Gasteiger partial charge on any atom is 0.162 e. The number of benzene rings is 2. The number of nitrogens with one attached hydrogen (secondary N) is 1. The van der Waals surface area contributed by atoms with Crippen molar-refractivity contribution in [2.24, 2.45) is 0 Å². The van der Waals surface area contributed by atoms with Gasteiger partial charge >= 0.3 is 0 Å². The van der Waals surface area contributed by atoms with E-state index in [9.17, 15) is 0 Å². The zero-order valence-electron chi connectivity index (χ0n) is 17.8. The lowest BCUT2D eigenvalue weighted by atomic mass is 10.1. The van der Waals surface area contributed by atoms with Crippen LogP contribution in [0.4, 0.5) is 11.4 Å². The Labute approximate surface area is 176 Å². The van der Waals surface area contributed by atoms with Crippen molar-refractivity contribution >= 4 is 22.3 Å². The van der Waals surface area contributed by atoms with Crippen LogP contribution in [-0.4, -0.2) is 52.6 Å². The summed E-state index contributed by atoms with van der Waals surface area (Å²) in [5.41, 5.74) is 3.00. The first kappa shape index (κ1) is 19.9. The smallest absolute Gasteiger partial charge is 0.162 e. The molecule has 0 saturated carbocycles. The van der Waals surface area contributed by atoms with Gasteiger partial charge in [0.05, 0.1) is 34.0 Å². The Morgan fingerprint density at radius 1 is 0.900 bits per heavy atom. The molecule has 158 valence electrons. The fourth-order valence-corrected chi connectivity index (χ4v) is 3.91. The highest BCUT2D eigenvalue weighted by Gasteiger charge is 2.24. The summed E-state index contributed by atoms with van der Waals surface area (Å²) in [7, 11) is 6.62. The van der Waals surface area contributed by atoms with Crippen LogP contribution >= 0.6 is 0 Å². The van der Waals surface area contributed by atoms with E-state index in [-0.39, 0.29) is 0 Å². The molecule has 2 aromatic carbocycles. The minimum atomic E-state index is 0.306. The summed E-state index contributed by atoms with van der Waals surface area (Å²) >= 11 is 0. The van der Waals surface area contributed by atoms with Crippen molar-refractivity contribution in [2.75, 3.05) is 51.7 Å². The highest BCUT2D eigenvalue weighted by atomic mass is 16.5. The van der Waals surface area contributed by atoms with Crippen LogP contribution in [0.5, 0.6) is 23.0 Å². The second kappa shape index (κ2) is 8.57. The third-order valence-electron chi connectivity index (χ3n) is 5.50. The van der Waals surface area contributed by atoms with Gasteiger partial charge in [0.1, 0.15) is 11.5 Å². The van der Waals surface area contributed by atoms with Crippen molar-refractivity contribution in [2.45, 2.75) is 12.5 Å². The predicted molar refractivity (Wildman–Crippen MR) is 119 cm³/mol. The number of ether oxygens (including phenoxy) is 4. The third kappa shape index (κ3) is 3.87. The van der Waals surface area contributed by atoms with E-state index in [1.165, 1.54) is 0 Å². The van der Waals surface area contributed by atoms with E-state index in [0.29, 0.717) is 17.5 Å². The Morgan fingerprint density at radius 3 is 2.27 bits per heavy atom. The van der Waals surface area contributed by atoms with E-state index in [1.54, 1.807) is 28.4 Å². The SMILES string of the molecule is COc1cc(OC)cc(N2CCC(Nc3ccnc4cc(OC)c(OC)cc34)C2)c1. The van der Waals surface area contributed by atoms with Gasteiger partial charge in [0.25, 0.3) is 0 Å². The highest BCUT2D eigenvalue weighted by molar-refractivity contribution is 5.93. The molecule has 3 aromatic rings. The number of methoxy groups -OCH3 is 4. The largest absolute Gasteiger partial charge is 0.497 e. The molecule has 1 fully saturated rings. The quantitative estimate of drug-likeness (QED) is 0.634. The lowest BCUT2D eigenvalue weighted by Crippen LogP contribution is -2.26. The highest BCUT2D eigenvalue weighted by Crippen LogP contribution is 2.35. The van der Waals surface area contributed by atoms with Crippen molar-refractivity contribution in [1.82, 2.24) is 4.98 Å². The Morgan fingerprint density at radius 2 is 1.60 bits per heavy atom. The molecule has 1 aliphatic heterocycles. The van der Waals surface area contributed by atoms with Crippen molar-refractivity contribution in [3.05, 3.63) is 42.6 Å². The molecule has 7 nitrogen and oxygen atoms in total. The maximum absolute atomic E-state index is 5.48. The van der Waals surface area contributed by atoms with Gasteiger partial charge in [0.15, 0.2) is 11.5 Å². The van der Waals surface area contributed by atoms with Crippen LogP contribution in [0.15, 0.2) is 42.6 Å². The molecular formula is C23H27N3O4. The van der Waals surface area contributed by atoms with Crippen LogP contribution in [0, 0.1) is 0 Å². The van der Waals surface area contributed by atoms with Crippen molar-refractivity contribution in [3.63, 3.8) is 0 Å². The number of pyridine rings is 1. The lowest BCUT2D eigenvalue weighted by molar-refractivity contribution is 0.356. The maximum atomic E-state index is 5.48. The first-order chi connectivity index (χ1) is 14.6. The van der Waals surface area contributed by atoms with E-state index < -0.39 is 0 Å². The van der Waals surface area contributed by atoms with Crippen LogP contribution < -0.4 is 29.2 Å². The molecule has 30 heavy (non-hydrogen) atoms. The van der Waals surface area contributed by atoms with E-state index >= 15 is 0 Å². The van der Waals surface area contributed by atoms with E-state index in [1.807, 2.05) is 42.6 Å². The molecule has 4 rings (SSSR count). The lowest BCUT2D eigenvalue weighted by Gasteiger charge is -2.21. The van der Waals surface area contributed by atoms with Gasteiger partial charge in [-0.15, -0.1) is 0 Å². The second-order valence-corrected chi connectivity index (χ2v) is 7.23. The standard InChI is InChI=1S/C23H27N3O4/c1-27-17-9-16(10-18(11-17)28-2)26-8-6-15(14-26)25-20-5-7-24-21-13-23(30-4)22(29-3)12-19(20)21/h5,7,9-13,15H,6,8,14H2,1-4H3,(H,24,25). The fraction of sp³-hybridized carbons (Fsp3) is 0.348. The van der Waals surface area contributed by atoms with Crippen LogP contribution in [0.25, 0.3) is 10.9 Å². The second-order valence-electron chi connectivity index (χ2n) is 7.23. The summed E-state index contributed by atoms with van der Waals surface area (Å²) in [4.78, 5) is 6.83. The molecule has 0 amide bonds. The number of fused-ring (bicyclic) bond motifs is 1. The minimum Gasteiger partial charge on any atom is -0.497 e. The normalized spacial score (nSPS) is 15.9. The predicted octanol–water partition coefficient (Wildman–Crippen LogP) is 3.96. The van der Waals surface area contributed by atoms with Crippen molar-refractivity contribution in [1.29, 1.82) is 0 Å². The molecule has 1 atom stereocenters. The summed E-state index contributed by atoms with van der Waals surface area (Å²) in [6.45, 7) is 1.83. The van der Waals surface area contributed by atoms with Gasteiger partial charge in [0, 0.05) is 66.4 Å². The third-order valence-corrected chi connectivity index (χ3v) is 5.50. The minimum absolute atomic E-state index is 0.306. The topological polar surface area (TPSA) is 65.1 Å². The van der Waals surface area contributed by atoms with E-state index in [2.05, 4.69) is 15.2 Å². The zero-order chi connectivity index (χ0) is 21.1. The van der Waals surface area contributed by atoms with E-state index in [0.717, 1.165) is 53.3 Å². The van der Waals surface area contributed by atoms with Gasteiger partial charge in [-0.25, -0.2) is 0 Å². The molecule has 0 spiro atoms. The molecule has 1 aliphatic rings. The average Bonchev–Trinajstić information content (AvgIpc) is 3.26. The van der Waals surface area contributed by atoms with Crippen LogP contribution in [0.1, 0.15) is 6.42 Å². The Balaban J connectivity index is 1.56. The molecule has 0 aliphatic carbocycles. The first-order valence-corrected chi connectivity index (χ1v) is 9.90. The summed E-state index contributed by atoms with van der Waals surface area (Å²) in [5.74, 6) is 2.95. The van der Waals surface area contributed by atoms with Crippen LogP contribution in [-0.2, 0) is 0 Å². The molecule has 1 N–H and O–H groups in total. The molecule has 1 unspecified atom stereocenters. The summed E-state index contributed by atoms with van der Waals surface area (Å²) in [5, 5.41) is 4.70. The number of aromatic nitrogens is 1. The van der Waals surface area contributed by atoms with Crippen LogP contribution in [0.3, 0.4) is 0 Å². The first-order valence-electron chi connectivity index (χ1n) is 9.90. The number of hydrogen-bond acceptors (Lipinski definition) is 7. The van der Waals surface area contributed by atoms with Crippen molar-refractivity contribution < 1.29 is 18.9 Å². The van der Waals surface area contributed by atoms with E-state index in [4.69, 9.17) is 18.9 Å². The fourth-order valence-electron chi connectivity index (χ4n) is 3.91. The summed E-state index contributed by atoms with van der Waals surface area (Å²) < 4.78 is 21.7. The molecule has 0 radical (unpaired) electrons. The molecule has 1 aromatic heterocycles. The monoisotopic (exact) mass is 409 g/mol.